The second-order valence-electron chi connectivity index (χ2n) is 9.78. The molecule has 3 aromatic rings. The molecular formula is C26H28O2S2. The zero-order valence-corrected chi connectivity index (χ0v) is 19.6. The summed E-state index contributed by atoms with van der Waals surface area (Å²) >= 11 is 9.96. The summed E-state index contributed by atoms with van der Waals surface area (Å²) in [6.07, 6.45) is 2.34. The molecule has 4 rings (SSSR count). The maximum Gasteiger partial charge on any atom is 0.335 e. The van der Waals surface area contributed by atoms with Gasteiger partial charge in [0.2, 0.25) is 0 Å². The maximum absolute atomic E-state index is 11.2. The fourth-order valence-corrected chi connectivity index (χ4v) is 5.12. The van der Waals surface area contributed by atoms with Crippen LogP contribution in [0, 0.1) is 0 Å². The van der Waals surface area contributed by atoms with Crippen molar-refractivity contribution in [2.45, 2.75) is 55.4 Å². The minimum Gasteiger partial charge on any atom is -0.478 e. The van der Waals surface area contributed by atoms with Crippen molar-refractivity contribution in [3.8, 4) is 0 Å². The number of carboxylic acids is 1. The summed E-state index contributed by atoms with van der Waals surface area (Å²) in [6, 6.07) is 17.9. The highest BCUT2D eigenvalue weighted by atomic mass is 32.2. The van der Waals surface area contributed by atoms with Crippen LogP contribution in [-0.2, 0) is 14.9 Å². The van der Waals surface area contributed by atoms with Crippen LogP contribution in [0.2, 0.25) is 0 Å². The molecule has 0 fully saturated rings. The summed E-state index contributed by atoms with van der Waals surface area (Å²) in [7, 11) is 0. The highest BCUT2D eigenvalue weighted by molar-refractivity contribution is 8.00. The largest absolute Gasteiger partial charge is 0.478 e. The van der Waals surface area contributed by atoms with E-state index in [4.69, 9.17) is 25.3 Å². The molecule has 1 N–H and O–H groups in total. The Morgan fingerprint density at radius 3 is 2.00 bits per heavy atom. The number of benzene rings is 3. The maximum atomic E-state index is 11.2. The number of thiol groups is 2. The number of aromatic carboxylic acids is 1. The molecule has 0 spiro atoms. The zero-order chi connectivity index (χ0) is 21.9. The topological polar surface area (TPSA) is 37.3 Å². The Bertz CT molecular complexity index is 1160. The Labute approximate surface area is 189 Å². The summed E-state index contributed by atoms with van der Waals surface area (Å²) in [4.78, 5) is 11.2. The van der Waals surface area contributed by atoms with Gasteiger partial charge >= 0.3 is 5.97 Å². The summed E-state index contributed by atoms with van der Waals surface area (Å²) in [5.41, 5.74) is 5.41. The van der Waals surface area contributed by atoms with E-state index in [1.54, 1.807) is 12.1 Å². The van der Waals surface area contributed by atoms with E-state index < -0.39 is 10.0 Å². The SMILES string of the molecule is CC1(C)CCC(C)(C)c2cc(C(S)(S)c3ccc4cc(C(=O)O)ccc4c3)ccc21. The molecular weight excluding hydrogens is 408 g/mol. The number of carbonyl (C=O) groups is 1. The van der Waals surface area contributed by atoms with Crippen molar-refractivity contribution in [1.29, 1.82) is 0 Å². The number of hydrogen-bond donors (Lipinski definition) is 3. The fourth-order valence-electron chi connectivity index (χ4n) is 4.57. The Morgan fingerprint density at radius 2 is 1.33 bits per heavy atom. The average Bonchev–Trinajstić information content (AvgIpc) is 2.70. The third kappa shape index (κ3) is 3.54. The van der Waals surface area contributed by atoms with E-state index in [1.165, 1.54) is 17.5 Å². The average molecular weight is 437 g/mol. The Morgan fingerprint density at radius 1 is 0.800 bits per heavy atom. The lowest BCUT2D eigenvalue weighted by Crippen LogP contribution is -2.34. The molecule has 0 unspecified atom stereocenters. The predicted molar refractivity (Wildman–Crippen MR) is 131 cm³/mol. The minimum absolute atomic E-state index is 0.120. The first-order valence-electron chi connectivity index (χ1n) is 10.3. The predicted octanol–water partition coefficient (Wildman–Crippen LogP) is 6.95. The van der Waals surface area contributed by atoms with Gasteiger partial charge in [0.05, 0.1) is 5.56 Å². The first-order chi connectivity index (χ1) is 13.9. The van der Waals surface area contributed by atoms with Crippen molar-refractivity contribution in [2.75, 3.05) is 0 Å². The van der Waals surface area contributed by atoms with Gasteiger partial charge in [0.15, 0.2) is 0 Å². The molecule has 0 aliphatic heterocycles. The van der Waals surface area contributed by atoms with Gasteiger partial charge in [-0.2, -0.15) is 25.3 Å². The van der Waals surface area contributed by atoms with Gasteiger partial charge in [-0.15, -0.1) is 0 Å². The lowest BCUT2D eigenvalue weighted by molar-refractivity contribution is 0.0697. The fraction of sp³-hybridized carbons (Fsp3) is 0.346. The molecule has 0 heterocycles. The van der Waals surface area contributed by atoms with E-state index in [0.29, 0.717) is 0 Å². The quantitative estimate of drug-likeness (QED) is 0.307. The van der Waals surface area contributed by atoms with E-state index in [0.717, 1.165) is 28.3 Å². The lowest BCUT2D eigenvalue weighted by Gasteiger charge is -2.42. The highest BCUT2D eigenvalue weighted by Crippen LogP contribution is 2.49. The van der Waals surface area contributed by atoms with Gasteiger partial charge in [0, 0.05) is 0 Å². The molecule has 2 nitrogen and oxygen atoms in total. The number of carboxylic acid groups (broad SMARTS) is 1. The van der Waals surface area contributed by atoms with E-state index in [1.807, 2.05) is 18.2 Å². The Balaban J connectivity index is 1.80. The van der Waals surface area contributed by atoms with Gasteiger partial charge in [-0.1, -0.05) is 64.1 Å². The van der Waals surface area contributed by atoms with Crippen LogP contribution in [0.25, 0.3) is 10.8 Å². The summed E-state index contributed by atoms with van der Waals surface area (Å²) < 4.78 is -0.758. The highest BCUT2D eigenvalue weighted by Gasteiger charge is 2.38. The Hall–Kier alpha value is -1.91. The minimum atomic E-state index is -0.918. The molecule has 0 radical (unpaired) electrons. The van der Waals surface area contributed by atoms with Crippen LogP contribution in [-0.4, -0.2) is 11.1 Å². The van der Waals surface area contributed by atoms with Crippen molar-refractivity contribution in [2.24, 2.45) is 0 Å². The van der Waals surface area contributed by atoms with E-state index in [9.17, 15) is 9.90 Å². The summed E-state index contributed by atoms with van der Waals surface area (Å²) in [5, 5.41) is 11.1. The molecule has 1 aliphatic rings. The van der Waals surface area contributed by atoms with Crippen molar-refractivity contribution < 1.29 is 9.90 Å². The second-order valence-corrected chi connectivity index (χ2v) is 11.5. The zero-order valence-electron chi connectivity index (χ0n) is 17.9. The molecule has 0 bridgehead atoms. The first kappa shape index (κ1) is 21.3. The number of rotatable bonds is 3. The van der Waals surface area contributed by atoms with Crippen LogP contribution in [0.4, 0.5) is 0 Å². The molecule has 3 aromatic carbocycles. The van der Waals surface area contributed by atoms with Gasteiger partial charge in [-0.25, -0.2) is 4.79 Å². The lowest BCUT2D eigenvalue weighted by atomic mass is 9.63. The summed E-state index contributed by atoms with van der Waals surface area (Å²) in [6.45, 7) is 9.29. The van der Waals surface area contributed by atoms with Crippen molar-refractivity contribution >= 4 is 42.0 Å². The van der Waals surface area contributed by atoms with Gasteiger partial charge in [-0.05, 0) is 74.9 Å². The van der Waals surface area contributed by atoms with Crippen LogP contribution < -0.4 is 0 Å². The Kier molecular flexibility index (Phi) is 5.02. The van der Waals surface area contributed by atoms with Crippen molar-refractivity contribution in [3.63, 3.8) is 0 Å². The number of fused-ring (bicyclic) bond motifs is 2. The van der Waals surface area contributed by atoms with Gasteiger partial charge < -0.3 is 5.11 Å². The molecule has 1 aliphatic carbocycles. The molecule has 0 aromatic heterocycles. The molecule has 0 amide bonds. The molecule has 0 atom stereocenters. The van der Waals surface area contributed by atoms with Gasteiger partial charge in [0.25, 0.3) is 0 Å². The van der Waals surface area contributed by atoms with E-state index in [-0.39, 0.29) is 16.4 Å². The van der Waals surface area contributed by atoms with Crippen LogP contribution in [0.15, 0.2) is 54.6 Å². The molecule has 4 heteroatoms. The van der Waals surface area contributed by atoms with Gasteiger partial charge in [0.1, 0.15) is 4.08 Å². The van der Waals surface area contributed by atoms with Gasteiger partial charge in [-0.3, -0.25) is 0 Å². The van der Waals surface area contributed by atoms with E-state index >= 15 is 0 Å². The third-order valence-electron chi connectivity index (χ3n) is 6.75. The number of hydrogen-bond acceptors (Lipinski definition) is 3. The van der Waals surface area contributed by atoms with E-state index in [2.05, 4.69) is 52.0 Å². The summed E-state index contributed by atoms with van der Waals surface area (Å²) in [5.74, 6) is -0.918. The normalized spacial score (nSPS) is 17.5. The monoisotopic (exact) mass is 436 g/mol. The molecule has 0 saturated heterocycles. The standard InChI is InChI=1S/C26H28O2S2/c1-24(2)11-12-25(3,4)22-15-20(9-10-21(22)24)26(29,30)19-8-7-16-13-18(23(27)28)6-5-17(16)14-19/h5-10,13-15,29-30H,11-12H2,1-4H3,(H,27,28). The van der Waals surface area contributed by atoms with Crippen LogP contribution in [0.5, 0.6) is 0 Å². The molecule has 156 valence electrons. The first-order valence-corrected chi connectivity index (χ1v) is 11.2. The van der Waals surface area contributed by atoms with Crippen LogP contribution in [0.1, 0.15) is 73.1 Å². The second kappa shape index (κ2) is 7.06. The molecule has 0 saturated carbocycles. The van der Waals surface area contributed by atoms with Crippen LogP contribution >= 0.6 is 25.3 Å². The van der Waals surface area contributed by atoms with Crippen molar-refractivity contribution in [3.05, 3.63) is 82.4 Å². The smallest absolute Gasteiger partial charge is 0.335 e. The van der Waals surface area contributed by atoms with Crippen molar-refractivity contribution in [1.82, 2.24) is 0 Å². The van der Waals surface area contributed by atoms with Crippen LogP contribution in [0.3, 0.4) is 0 Å². The third-order valence-corrected chi connectivity index (χ3v) is 7.78. The molecule has 30 heavy (non-hydrogen) atoms.